The number of carboxylic acid groups (broad SMARTS) is 1. The lowest BCUT2D eigenvalue weighted by molar-refractivity contribution is -0.142. The van der Waals surface area contributed by atoms with E-state index in [-0.39, 0.29) is 30.5 Å². The quantitative estimate of drug-likeness (QED) is 0.665. The molecule has 5 nitrogen and oxygen atoms in total. The van der Waals surface area contributed by atoms with Crippen molar-refractivity contribution in [3.05, 3.63) is 0 Å². The second kappa shape index (κ2) is 6.48. The summed E-state index contributed by atoms with van der Waals surface area (Å²) >= 11 is 0. The zero-order valence-electron chi connectivity index (χ0n) is 10.4. The maximum atomic E-state index is 11.6. The van der Waals surface area contributed by atoms with Gasteiger partial charge in [-0.2, -0.15) is 0 Å². The van der Waals surface area contributed by atoms with Crippen molar-refractivity contribution in [3.63, 3.8) is 0 Å². The molecule has 5 heteroatoms. The van der Waals surface area contributed by atoms with Gasteiger partial charge in [0.15, 0.2) is 0 Å². The number of amides is 1. The highest BCUT2D eigenvalue weighted by Crippen LogP contribution is 2.24. The van der Waals surface area contributed by atoms with Crippen molar-refractivity contribution in [2.75, 3.05) is 19.8 Å². The van der Waals surface area contributed by atoms with Crippen LogP contribution in [0, 0.1) is 11.3 Å². The fourth-order valence-electron chi connectivity index (χ4n) is 0.952. The van der Waals surface area contributed by atoms with E-state index in [2.05, 4.69) is 5.32 Å². The summed E-state index contributed by atoms with van der Waals surface area (Å²) in [5.41, 5.74) is -0.0774. The Hall–Kier alpha value is -1.10. The van der Waals surface area contributed by atoms with Gasteiger partial charge in [0.25, 0.3) is 0 Å². The van der Waals surface area contributed by atoms with Gasteiger partial charge in [-0.05, 0) is 5.41 Å². The molecule has 0 aromatic carbocycles. The Kier molecular flexibility index (Phi) is 6.03. The van der Waals surface area contributed by atoms with E-state index in [0.29, 0.717) is 6.54 Å². The number of ether oxygens (including phenoxy) is 1. The topological polar surface area (TPSA) is 75.6 Å². The van der Waals surface area contributed by atoms with Crippen molar-refractivity contribution in [3.8, 4) is 0 Å². The summed E-state index contributed by atoms with van der Waals surface area (Å²) in [6.07, 6.45) is 0. The van der Waals surface area contributed by atoms with Gasteiger partial charge in [0.1, 0.15) is 6.61 Å². The van der Waals surface area contributed by atoms with Gasteiger partial charge < -0.3 is 15.2 Å². The highest BCUT2D eigenvalue weighted by Gasteiger charge is 2.26. The van der Waals surface area contributed by atoms with Crippen molar-refractivity contribution in [2.45, 2.75) is 27.7 Å². The van der Waals surface area contributed by atoms with E-state index in [9.17, 15) is 9.59 Å². The lowest BCUT2D eigenvalue weighted by atomic mass is 9.81. The van der Waals surface area contributed by atoms with E-state index in [1.165, 1.54) is 0 Å². The fraction of sp³-hybridized carbons (Fsp3) is 0.818. The van der Waals surface area contributed by atoms with Crippen molar-refractivity contribution in [1.82, 2.24) is 5.32 Å². The molecule has 0 aliphatic carbocycles. The molecular weight excluding hydrogens is 210 g/mol. The number of carbonyl (C=O) groups is 2. The first kappa shape index (κ1) is 14.9. The molecule has 0 aromatic heterocycles. The van der Waals surface area contributed by atoms with Crippen molar-refractivity contribution < 1.29 is 19.4 Å². The van der Waals surface area contributed by atoms with E-state index in [1.54, 1.807) is 0 Å². The molecule has 1 amide bonds. The van der Waals surface area contributed by atoms with Crippen LogP contribution in [0.5, 0.6) is 0 Å². The standard InChI is InChI=1S/C11H21NO4/c1-8(11(2,3)4)10(15)12-5-6-16-7-9(13)14/h8H,5-7H2,1-4H3,(H,12,15)(H,13,14). The van der Waals surface area contributed by atoms with Gasteiger partial charge in [-0.15, -0.1) is 0 Å². The molecule has 94 valence electrons. The maximum Gasteiger partial charge on any atom is 0.329 e. The lowest BCUT2D eigenvalue weighted by Gasteiger charge is -2.26. The molecule has 0 aromatic rings. The second-order valence-corrected chi connectivity index (χ2v) is 4.83. The minimum atomic E-state index is -1.01. The van der Waals surface area contributed by atoms with E-state index >= 15 is 0 Å². The highest BCUT2D eigenvalue weighted by molar-refractivity contribution is 5.78. The van der Waals surface area contributed by atoms with Crippen LogP contribution < -0.4 is 5.32 Å². The van der Waals surface area contributed by atoms with Gasteiger partial charge in [-0.1, -0.05) is 27.7 Å². The molecule has 0 fully saturated rings. The molecule has 0 aliphatic rings. The van der Waals surface area contributed by atoms with Crippen LogP contribution in [-0.2, 0) is 14.3 Å². The molecule has 0 spiro atoms. The van der Waals surface area contributed by atoms with E-state index in [1.807, 2.05) is 27.7 Å². The van der Waals surface area contributed by atoms with Gasteiger partial charge in [-0.3, -0.25) is 4.79 Å². The van der Waals surface area contributed by atoms with Crippen LogP contribution in [0.4, 0.5) is 0 Å². The van der Waals surface area contributed by atoms with Crippen molar-refractivity contribution in [1.29, 1.82) is 0 Å². The molecule has 0 saturated carbocycles. The van der Waals surface area contributed by atoms with Gasteiger partial charge in [-0.25, -0.2) is 4.79 Å². The average Bonchev–Trinajstić information content (AvgIpc) is 2.13. The summed E-state index contributed by atoms with van der Waals surface area (Å²) < 4.78 is 4.80. The number of rotatable bonds is 6. The fourth-order valence-corrected chi connectivity index (χ4v) is 0.952. The van der Waals surface area contributed by atoms with E-state index in [4.69, 9.17) is 9.84 Å². The van der Waals surface area contributed by atoms with Crippen LogP contribution in [0.2, 0.25) is 0 Å². The first-order valence-electron chi connectivity index (χ1n) is 5.32. The number of carboxylic acids is 1. The van der Waals surface area contributed by atoms with Gasteiger partial charge >= 0.3 is 5.97 Å². The van der Waals surface area contributed by atoms with Gasteiger partial charge in [0.2, 0.25) is 5.91 Å². The largest absolute Gasteiger partial charge is 0.480 e. The lowest BCUT2D eigenvalue weighted by Crippen LogP contribution is -2.37. The zero-order valence-corrected chi connectivity index (χ0v) is 10.4. The van der Waals surface area contributed by atoms with Gasteiger partial charge in [0.05, 0.1) is 6.61 Å². The van der Waals surface area contributed by atoms with Gasteiger partial charge in [0, 0.05) is 12.5 Å². The predicted molar refractivity (Wildman–Crippen MR) is 60.1 cm³/mol. The van der Waals surface area contributed by atoms with E-state index < -0.39 is 5.97 Å². The molecule has 0 radical (unpaired) electrons. The first-order chi connectivity index (χ1) is 7.25. The smallest absolute Gasteiger partial charge is 0.329 e. The molecule has 0 heterocycles. The highest BCUT2D eigenvalue weighted by atomic mass is 16.5. The molecular formula is C11H21NO4. The van der Waals surface area contributed by atoms with E-state index in [0.717, 1.165) is 0 Å². The Labute approximate surface area is 96.2 Å². The normalized spacial score (nSPS) is 13.2. The number of carbonyl (C=O) groups excluding carboxylic acids is 1. The molecule has 1 atom stereocenters. The second-order valence-electron chi connectivity index (χ2n) is 4.83. The molecule has 16 heavy (non-hydrogen) atoms. The van der Waals surface area contributed by atoms with Crippen LogP contribution in [0.3, 0.4) is 0 Å². The molecule has 1 unspecified atom stereocenters. The number of aliphatic carboxylic acids is 1. The molecule has 0 aliphatic heterocycles. The number of hydrogen-bond acceptors (Lipinski definition) is 3. The molecule has 0 saturated heterocycles. The zero-order chi connectivity index (χ0) is 12.8. The summed E-state index contributed by atoms with van der Waals surface area (Å²) in [4.78, 5) is 21.7. The third-order valence-electron chi connectivity index (χ3n) is 2.46. The average molecular weight is 231 g/mol. The molecule has 0 bridgehead atoms. The number of nitrogens with one attached hydrogen (secondary N) is 1. The summed E-state index contributed by atoms with van der Waals surface area (Å²) in [6.45, 7) is 8.09. The summed E-state index contributed by atoms with van der Waals surface area (Å²) in [5, 5.41) is 11.0. The van der Waals surface area contributed by atoms with Crippen molar-refractivity contribution in [2.24, 2.45) is 11.3 Å². The van der Waals surface area contributed by atoms with Crippen LogP contribution in [0.25, 0.3) is 0 Å². The van der Waals surface area contributed by atoms with Crippen LogP contribution >= 0.6 is 0 Å². The van der Waals surface area contributed by atoms with Crippen LogP contribution in [0.1, 0.15) is 27.7 Å². The third-order valence-corrected chi connectivity index (χ3v) is 2.46. The maximum absolute atomic E-state index is 11.6. The minimum absolute atomic E-state index is 0.0357. The first-order valence-corrected chi connectivity index (χ1v) is 5.32. The Bertz CT molecular complexity index is 245. The van der Waals surface area contributed by atoms with Crippen LogP contribution in [-0.4, -0.2) is 36.7 Å². The predicted octanol–water partition coefficient (Wildman–Crippen LogP) is 0.886. The summed E-state index contributed by atoms with van der Waals surface area (Å²) in [7, 11) is 0. The summed E-state index contributed by atoms with van der Waals surface area (Å²) in [5.74, 6) is -1.13. The Morgan fingerprint density at radius 1 is 1.38 bits per heavy atom. The number of hydrogen-bond donors (Lipinski definition) is 2. The Morgan fingerprint density at radius 3 is 2.38 bits per heavy atom. The Morgan fingerprint density at radius 2 is 1.94 bits per heavy atom. The van der Waals surface area contributed by atoms with Crippen LogP contribution in [0.15, 0.2) is 0 Å². The monoisotopic (exact) mass is 231 g/mol. The molecule has 2 N–H and O–H groups in total. The third kappa shape index (κ3) is 6.40. The Balaban J connectivity index is 3.70. The molecule has 0 rings (SSSR count). The minimum Gasteiger partial charge on any atom is -0.480 e. The SMILES string of the molecule is CC(C(=O)NCCOCC(=O)O)C(C)(C)C. The summed E-state index contributed by atoms with van der Waals surface area (Å²) in [6, 6.07) is 0. The van der Waals surface area contributed by atoms with Crippen molar-refractivity contribution >= 4 is 11.9 Å².